The number of rotatable bonds is 3. The second kappa shape index (κ2) is 5.86. The van der Waals surface area contributed by atoms with Crippen molar-refractivity contribution < 1.29 is 4.74 Å². The lowest BCUT2D eigenvalue weighted by Gasteiger charge is -2.11. The highest BCUT2D eigenvalue weighted by molar-refractivity contribution is 5.77. The summed E-state index contributed by atoms with van der Waals surface area (Å²) in [6.45, 7) is 4.07. The molecule has 0 saturated heterocycles. The predicted octanol–water partition coefficient (Wildman–Crippen LogP) is 3.20. The van der Waals surface area contributed by atoms with E-state index in [9.17, 15) is 0 Å². The number of nitrogen functional groups attached to an aromatic ring is 1. The SMILES string of the molecule is Cc1ccc(Oc2ncnc(-n3nnc4ccccc43)c2N)cc1C. The van der Waals surface area contributed by atoms with Gasteiger partial charge in [0.1, 0.15) is 23.3 Å². The molecule has 2 aromatic heterocycles. The van der Waals surface area contributed by atoms with Gasteiger partial charge in [0, 0.05) is 0 Å². The normalized spacial score (nSPS) is 11.0. The molecule has 4 aromatic rings. The summed E-state index contributed by atoms with van der Waals surface area (Å²) < 4.78 is 7.44. The first kappa shape index (κ1) is 15.1. The molecular weight excluding hydrogens is 316 g/mol. The van der Waals surface area contributed by atoms with Crippen LogP contribution in [-0.2, 0) is 0 Å². The first-order valence-corrected chi connectivity index (χ1v) is 7.80. The van der Waals surface area contributed by atoms with Gasteiger partial charge >= 0.3 is 0 Å². The van der Waals surface area contributed by atoms with Crippen LogP contribution in [0.5, 0.6) is 11.6 Å². The van der Waals surface area contributed by atoms with E-state index in [0.717, 1.165) is 16.6 Å². The number of anilines is 1. The van der Waals surface area contributed by atoms with Crippen LogP contribution in [0.25, 0.3) is 16.9 Å². The standard InChI is InChI=1S/C18H16N6O/c1-11-7-8-13(9-12(11)2)25-18-16(19)17(20-10-21-18)24-15-6-4-3-5-14(15)22-23-24/h3-10H,19H2,1-2H3. The minimum absolute atomic E-state index is 0.285. The molecule has 2 aromatic carbocycles. The number of para-hydroxylation sites is 1. The van der Waals surface area contributed by atoms with Crippen LogP contribution in [0.3, 0.4) is 0 Å². The zero-order valence-electron chi connectivity index (χ0n) is 13.8. The first-order valence-electron chi connectivity index (χ1n) is 7.80. The smallest absolute Gasteiger partial charge is 0.248 e. The van der Waals surface area contributed by atoms with Crippen molar-refractivity contribution >= 4 is 16.7 Å². The monoisotopic (exact) mass is 332 g/mol. The second-order valence-electron chi connectivity index (χ2n) is 5.75. The molecule has 0 radical (unpaired) electrons. The summed E-state index contributed by atoms with van der Waals surface area (Å²) in [4.78, 5) is 8.41. The van der Waals surface area contributed by atoms with Gasteiger partial charge in [-0.1, -0.05) is 23.4 Å². The van der Waals surface area contributed by atoms with E-state index in [2.05, 4.69) is 20.3 Å². The van der Waals surface area contributed by atoms with E-state index >= 15 is 0 Å². The summed E-state index contributed by atoms with van der Waals surface area (Å²) in [6, 6.07) is 13.4. The van der Waals surface area contributed by atoms with E-state index in [1.165, 1.54) is 11.9 Å². The molecule has 0 aliphatic heterocycles. The van der Waals surface area contributed by atoms with Crippen LogP contribution in [-0.4, -0.2) is 25.0 Å². The third-order valence-electron chi connectivity index (χ3n) is 4.07. The number of ether oxygens (including phenoxy) is 1. The highest BCUT2D eigenvalue weighted by Gasteiger charge is 2.15. The Balaban J connectivity index is 1.76. The summed E-state index contributed by atoms with van der Waals surface area (Å²) in [5.41, 5.74) is 10.4. The van der Waals surface area contributed by atoms with E-state index < -0.39 is 0 Å². The number of fused-ring (bicyclic) bond motifs is 1. The Labute approximate surface area is 144 Å². The zero-order valence-corrected chi connectivity index (χ0v) is 13.8. The van der Waals surface area contributed by atoms with Crippen LogP contribution in [0.1, 0.15) is 11.1 Å². The van der Waals surface area contributed by atoms with Gasteiger partial charge in [0.05, 0.1) is 5.52 Å². The molecule has 2 N–H and O–H groups in total. The van der Waals surface area contributed by atoms with Crippen LogP contribution >= 0.6 is 0 Å². The van der Waals surface area contributed by atoms with Crippen LogP contribution < -0.4 is 10.5 Å². The van der Waals surface area contributed by atoms with Crippen molar-refractivity contribution in [3.63, 3.8) is 0 Å². The van der Waals surface area contributed by atoms with Gasteiger partial charge in [-0.05, 0) is 49.2 Å². The lowest BCUT2D eigenvalue weighted by Crippen LogP contribution is -2.07. The average molecular weight is 332 g/mol. The number of nitrogens with zero attached hydrogens (tertiary/aromatic N) is 5. The number of hydrogen-bond donors (Lipinski definition) is 1. The lowest BCUT2D eigenvalue weighted by atomic mass is 10.1. The van der Waals surface area contributed by atoms with Crippen molar-refractivity contribution in [2.45, 2.75) is 13.8 Å². The van der Waals surface area contributed by atoms with Crippen molar-refractivity contribution in [1.29, 1.82) is 0 Å². The lowest BCUT2D eigenvalue weighted by molar-refractivity contribution is 0.463. The van der Waals surface area contributed by atoms with Gasteiger partial charge in [-0.3, -0.25) is 0 Å². The molecule has 0 atom stereocenters. The molecule has 124 valence electrons. The van der Waals surface area contributed by atoms with Crippen LogP contribution in [0.2, 0.25) is 0 Å². The zero-order chi connectivity index (χ0) is 17.4. The molecule has 7 heteroatoms. The maximum absolute atomic E-state index is 6.24. The Morgan fingerprint density at radius 2 is 1.84 bits per heavy atom. The van der Waals surface area contributed by atoms with Crippen LogP contribution in [0.15, 0.2) is 48.8 Å². The number of nitrogens with two attached hydrogens (primary N) is 1. The second-order valence-corrected chi connectivity index (χ2v) is 5.75. The third kappa shape index (κ3) is 2.65. The fourth-order valence-corrected chi connectivity index (χ4v) is 2.54. The minimum atomic E-state index is 0.285. The Kier molecular flexibility index (Phi) is 3.53. The van der Waals surface area contributed by atoms with Gasteiger partial charge in [0.15, 0.2) is 5.82 Å². The summed E-state index contributed by atoms with van der Waals surface area (Å²) in [7, 11) is 0. The van der Waals surface area contributed by atoms with Gasteiger partial charge in [0.2, 0.25) is 5.88 Å². The van der Waals surface area contributed by atoms with Gasteiger partial charge in [0.25, 0.3) is 0 Å². The van der Waals surface area contributed by atoms with E-state index in [1.54, 1.807) is 4.68 Å². The summed E-state index contributed by atoms with van der Waals surface area (Å²) in [6.07, 6.45) is 1.40. The molecule has 4 rings (SSSR count). The van der Waals surface area contributed by atoms with Gasteiger partial charge < -0.3 is 10.5 Å². The first-order chi connectivity index (χ1) is 12.1. The third-order valence-corrected chi connectivity index (χ3v) is 4.07. The van der Waals surface area contributed by atoms with E-state index in [4.69, 9.17) is 10.5 Å². The summed E-state index contributed by atoms with van der Waals surface area (Å²) in [5, 5.41) is 8.27. The van der Waals surface area contributed by atoms with Gasteiger partial charge in [-0.15, -0.1) is 5.10 Å². The molecule has 0 amide bonds. The van der Waals surface area contributed by atoms with Crippen molar-refractivity contribution in [2.24, 2.45) is 0 Å². The molecule has 2 heterocycles. The van der Waals surface area contributed by atoms with E-state index in [-0.39, 0.29) is 5.88 Å². The fraction of sp³-hybridized carbons (Fsp3) is 0.111. The van der Waals surface area contributed by atoms with E-state index in [0.29, 0.717) is 17.3 Å². The quantitative estimate of drug-likeness (QED) is 0.619. The Bertz CT molecular complexity index is 1070. The Morgan fingerprint density at radius 1 is 1.00 bits per heavy atom. The molecular formula is C18H16N6O. The maximum Gasteiger partial charge on any atom is 0.248 e. The molecule has 0 unspecified atom stereocenters. The van der Waals surface area contributed by atoms with Gasteiger partial charge in [-0.25, -0.2) is 4.98 Å². The largest absolute Gasteiger partial charge is 0.437 e. The van der Waals surface area contributed by atoms with E-state index in [1.807, 2.05) is 56.3 Å². The number of hydrogen-bond acceptors (Lipinski definition) is 6. The number of benzene rings is 2. The molecule has 0 spiro atoms. The van der Waals surface area contributed by atoms with Crippen molar-refractivity contribution in [2.75, 3.05) is 5.73 Å². The molecule has 0 fully saturated rings. The van der Waals surface area contributed by atoms with Crippen molar-refractivity contribution in [3.8, 4) is 17.4 Å². The van der Waals surface area contributed by atoms with Crippen LogP contribution in [0, 0.1) is 13.8 Å². The number of aromatic nitrogens is 5. The molecule has 7 nitrogen and oxygen atoms in total. The maximum atomic E-state index is 6.24. The fourth-order valence-electron chi connectivity index (χ4n) is 2.54. The predicted molar refractivity (Wildman–Crippen MR) is 94.9 cm³/mol. The molecule has 25 heavy (non-hydrogen) atoms. The van der Waals surface area contributed by atoms with Crippen molar-refractivity contribution in [3.05, 3.63) is 59.9 Å². The summed E-state index contributed by atoms with van der Waals surface area (Å²) in [5.74, 6) is 1.39. The molecule has 0 bridgehead atoms. The number of aryl methyl sites for hydroxylation is 2. The highest BCUT2D eigenvalue weighted by atomic mass is 16.5. The Hall–Kier alpha value is -3.48. The molecule has 0 saturated carbocycles. The topological polar surface area (TPSA) is 91.7 Å². The highest BCUT2D eigenvalue weighted by Crippen LogP contribution is 2.30. The van der Waals surface area contributed by atoms with Crippen molar-refractivity contribution in [1.82, 2.24) is 25.0 Å². The van der Waals surface area contributed by atoms with Crippen LogP contribution in [0.4, 0.5) is 5.69 Å². The molecule has 0 aliphatic rings. The minimum Gasteiger partial charge on any atom is -0.437 e. The molecule has 0 aliphatic carbocycles. The Morgan fingerprint density at radius 3 is 2.68 bits per heavy atom. The average Bonchev–Trinajstić information content (AvgIpc) is 3.04. The summed E-state index contributed by atoms with van der Waals surface area (Å²) >= 11 is 0. The van der Waals surface area contributed by atoms with Gasteiger partial charge in [-0.2, -0.15) is 9.67 Å².